The summed E-state index contributed by atoms with van der Waals surface area (Å²) in [6, 6.07) is 0. The molecule has 0 aromatic heterocycles. The molecule has 0 radical (unpaired) electrons. The van der Waals surface area contributed by atoms with Crippen LogP contribution in [0.15, 0.2) is 23.6 Å². The fourth-order valence-electron chi connectivity index (χ4n) is 2.76. The Kier molecular flexibility index (Phi) is 2.09. The normalized spacial score (nSPS) is 35.1. The molecule has 2 nitrogen and oxygen atoms in total. The van der Waals surface area contributed by atoms with Crippen LogP contribution in [-0.4, -0.2) is 10.6 Å². The van der Waals surface area contributed by atoms with Gasteiger partial charge >= 0.3 is 0 Å². The van der Waals surface area contributed by atoms with Gasteiger partial charge < -0.3 is 10.4 Å². The van der Waals surface area contributed by atoms with Gasteiger partial charge in [-0.15, -0.1) is 0 Å². The second-order valence-corrected chi connectivity index (χ2v) is 5.26. The molecule has 14 heavy (non-hydrogen) atoms. The first-order valence-electron chi connectivity index (χ1n) is 5.37. The standard InChI is InChI=1S/C12H19NO/c1-8-7-12(2,3)13-11-6-9(14)4-5-10(8)11/h4,6,8,10,13-14H,5,7H2,1-3H3. The highest BCUT2D eigenvalue weighted by Crippen LogP contribution is 2.38. The third kappa shape index (κ3) is 1.66. The van der Waals surface area contributed by atoms with Crippen molar-refractivity contribution >= 4 is 0 Å². The van der Waals surface area contributed by atoms with Gasteiger partial charge in [0.15, 0.2) is 0 Å². The zero-order valence-corrected chi connectivity index (χ0v) is 9.17. The van der Waals surface area contributed by atoms with Crippen LogP contribution in [0.1, 0.15) is 33.6 Å². The van der Waals surface area contributed by atoms with Crippen LogP contribution in [0.25, 0.3) is 0 Å². The largest absolute Gasteiger partial charge is 0.508 e. The number of hydrogen-bond acceptors (Lipinski definition) is 2. The first-order chi connectivity index (χ1) is 6.48. The molecule has 1 saturated heterocycles. The van der Waals surface area contributed by atoms with Gasteiger partial charge in [0, 0.05) is 17.2 Å². The zero-order valence-electron chi connectivity index (χ0n) is 9.17. The Bertz CT molecular complexity index is 301. The number of allylic oxidation sites excluding steroid dienone is 3. The highest BCUT2D eigenvalue weighted by Gasteiger charge is 2.35. The Morgan fingerprint density at radius 1 is 1.50 bits per heavy atom. The second-order valence-electron chi connectivity index (χ2n) is 5.26. The van der Waals surface area contributed by atoms with Crippen molar-refractivity contribution in [3.05, 3.63) is 23.6 Å². The summed E-state index contributed by atoms with van der Waals surface area (Å²) < 4.78 is 0. The minimum Gasteiger partial charge on any atom is -0.508 e. The van der Waals surface area contributed by atoms with Crippen LogP contribution in [0.2, 0.25) is 0 Å². The van der Waals surface area contributed by atoms with Crippen molar-refractivity contribution < 1.29 is 5.11 Å². The van der Waals surface area contributed by atoms with Crippen molar-refractivity contribution in [2.45, 2.75) is 39.2 Å². The average molecular weight is 193 g/mol. The molecule has 1 heterocycles. The summed E-state index contributed by atoms with van der Waals surface area (Å²) in [7, 11) is 0. The van der Waals surface area contributed by atoms with Crippen LogP contribution >= 0.6 is 0 Å². The Labute approximate surface area is 85.7 Å². The van der Waals surface area contributed by atoms with Crippen molar-refractivity contribution in [2.75, 3.05) is 0 Å². The van der Waals surface area contributed by atoms with Gasteiger partial charge in [-0.05, 0) is 44.8 Å². The number of aliphatic hydroxyl groups is 1. The van der Waals surface area contributed by atoms with E-state index in [1.54, 1.807) is 0 Å². The van der Waals surface area contributed by atoms with E-state index in [-0.39, 0.29) is 5.54 Å². The molecule has 1 aliphatic carbocycles. The molecule has 1 aliphatic heterocycles. The van der Waals surface area contributed by atoms with E-state index >= 15 is 0 Å². The van der Waals surface area contributed by atoms with Crippen LogP contribution in [0.5, 0.6) is 0 Å². The monoisotopic (exact) mass is 193 g/mol. The quantitative estimate of drug-likeness (QED) is 0.620. The Morgan fingerprint density at radius 3 is 2.93 bits per heavy atom. The maximum Gasteiger partial charge on any atom is 0.113 e. The van der Waals surface area contributed by atoms with Gasteiger partial charge in [0.05, 0.1) is 0 Å². The van der Waals surface area contributed by atoms with Crippen molar-refractivity contribution in [1.29, 1.82) is 0 Å². The Morgan fingerprint density at radius 2 is 2.21 bits per heavy atom. The van der Waals surface area contributed by atoms with Gasteiger partial charge in [-0.3, -0.25) is 0 Å². The van der Waals surface area contributed by atoms with Gasteiger partial charge in [0.1, 0.15) is 5.76 Å². The first-order valence-corrected chi connectivity index (χ1v) is 5.37. The molecule has 2 atom stereocenters. The molecule has 0 spiro atoms. The molecule has 1 fully saturated rings. The maximum atomic E-state index is 9.45. The highest BCUT2D eigenvalue weighted by atomic mass is 16.3. The summed E-state index contributed by atoms with van der Waals surface area (Å²) in [4.78, 5) is 0. The van der Waals surface area contributed by atoms with Crippen LogP contribution in [-0.2, 0) is 0 Å². The Balaban J connectivity index is 2.26. The van der Waals surface area contributed by atoms with E-state index < -0.39 is 0 Å². The van der Waals surface area contributed by atoms with Crippen LogP contribution in [0.3, 0.4) is 0 Å². The summed E-state index contributed by atoms with van der Waals surface area (Å²) in [6.45, 7) is 6.74. The number of piperidine rings is 1. The van der Waals surface area contributed by atoms with Crippen molar-refractivity contribution in [1.82, 2.24) is 5.32 Å². The summed E-state index contributed by atoms with van der Waals surface area (Å²) in [5.41, 5.74) is 1.38. The molecule has 2 rings (SSSR count). The van der Waals surface area contributed by atoms with E-state index in [1.165, 1.54) is 12.1 Å². The topological polar surface area (TPSA) is 32.3 Å². The fourth-order valence-corrected chi connectivity index (χ4v) is 2.76. The van der Waals surface area contributed by atoms with Crippen LogP contribution in [0.4, 0.5) is 0 Å². The van der Waals surface area contributed by atoms with Crippen LogP contribution < -0.4 is 5.32 Å². The van der Waals surface area contributed by atoms with Crippen LogP contribution in [0, 0.1) is 11.8 Å². The highest BCUT2D eigenvalue weighted by molar-refractivity contribution is 5.27. The van der Waals surface area contributed by atoms with Crippen molar-refractivity contribution in [3.63, 3.8) is 0 Å². The average Bonchev–Trinajstić information content (AvgIpc) is 2.00. The molecular weight excluding hydrogens is 174 g/mol. The van der Waals surface area contributed by atoms with Gasteiger partial charge in [0.25, 0.3) is 0 Å². The number of rotatable bonds is 0. The lowest BCUT2D eigenvalue weighted by Gasteiger charge is -2.43. The third-order valence-corrected chi connectivity index (χ3v) is 3.29. The lowest BCUT2D eigenvalue weighted by atomic mass is 9.74. The maximum absolute atomic E-state index is 9.45. The number of hydrogen-bond donors (Lipinski definition) is 2. The Hall–Kier alpha value is -0.920. The number of fused-ring (bicyclic) bond motifs is 1. The van der Waals surface area contributed by atoms with E-state index in [2.05, 4.69) is 26.1 Å². The molecular formula is C12H19NO. The van der Waals surface area contributed by atoms with E-state index in [0.717, 1.165) is 6.42 Å². The lowest BCUT2D eigenvalue weighted by Crippen LogP contribution is -2.48. The molecule has 78 valence electrons. The lowest BCUT2D eigenvalue weighted by molar-refractivity contribution is 0.209. The molecule has 2 unspecified atom stereocenters. The summed E-state index contributed by atoms with van der Waals surface area (Å²) >= 11 is 0. The predicted octanol–water partition coefficient (Wildman–Crippen LogP) is 2.74. The molecule has 0 bridgehead atoms. The smallest absolute Gasteiger partial charge is 0.113 e. The van der Waals surface area contributed by atoms with E-state index in [4.69, 9.17) is 0 Å². The predicted molar refractivity (Wildman–Crippen MR) is 57.9 cm³/mol. The molecule has 2 aliphatic rings. The van der Waals surface area contributed by atoms with Gasteiger partial charge in [-0.2, -0.15) is 0 Å². The molecule has 0 aromatic rings. The molecule has 2 N–H and O–H groups in total. The number of aliphatic hydroxyl groups excluding tert-OH is 1. The van der Waals surface area contributed by atoms with Crippen molar-refractivity contribution in [2.24, 2.45) is 11.8 Å². The van der Waals surface area contributed by atoms with E-state index in [0.29, 0.717) is 17.6 Å². The van der Waals surface area contributed by atoms with Gasteiger partial charge in [-0.1, -0.05) is 6.92 Å². The number of nitrogens with one attached hydrogen (secondary N) is 1. The molecule has 0 amide bonds. The molecule has 0 saturated carbocycles. The molecule has 0 aromatic carbocycles. The zero-order chi connectivity index (χ0) is 10.3. The van der Waals surface area contributed by atoms with E-state index in [9.17, 15) is 5.11 Å². The first kappa shape index (κ1) is 9.63. The second kappa shape index (κ2) is 3.04. The summed E-state index contributed by atoms with van der Waals surface area (Å²) in [5.74, 6) is 1.69. The third-order valence-electron chi connectivity index (χ3n) is 3.29. The molecule has 2 heteroatoms. The minimum atomic E-state index is 0.166. The fraction of sp³-hybridized carbons (Fsp3) is 0.667. The van der Waals surface area contributed by atoms with Gasteiger partial charge in [-0.25, -0.2) is 0 Å². The van der Waals surface area contributed by atoms with Crippen molar-refractivity contribution in [3.8, 4) is 0 Å². The minimum absolute atomic E-state index is 0.166. The summed E-state index contributed by atoms with van der Waals surface area (Å²) in [6.07, 6.45) is 5.97. The SMILES string of the molecule is CC1CC(C)(C)NC2=CC(O)=CCC21. The summed E-state index contributed by atoms with van der Waals surface area (Å²) in [5, 5.41) is 13.0. The van der Waals surface area contributed by atoms with E-state index in [1.807, 2.05) is 12.2 Å². The van der Waals surface area contributed by atoms with Gasteiger partial charge in [0.2, 0.25) is 0 Å².